The molecule has 0 aromatic heterocycles. The molecule has 9 heteroatoms. The van der Waals surface area contributed by atoms with E-state index in [1.54, 1.807) is 20.2 Å². The molecule has 0 saturated carbocycles. The maximum absolute atomic E-state index is 12.4. The summed E-state index contributed by atoms with van der Waals surface area (Å²) < 4.78 is 48.1. The molecule has 146 valence electrons. The molecule has 1 heterocycles. The van der Waals surface area contributed by atoms with Crippen LogP contribution in [0.5, 0.6) is 11.5 Å². The zero-order valence-electron chi connectivity index (χ0n) is 15.0. The van der Waals surface area contributed by atoms with Crippen molar-refractivity contribution in [3.8, 4) is 11.5 Å². The first-order valence-corrected chi connectivity index (χ1v) is 8.43. The summed E-state index contributed by atoms with van der Waals surface area (Å²) in [4.78, 5) is 5.50. The number of alkyl halides is 3. The fourth-order valence-electron chi connectivity index (χ4n) is 2.76. The zero-order chi connectivity index (χ0) is 19.0. The van der Waals surface area contributed by atoms with Gasteiger partial charge in [-0.2, -0.15) is 13.2 Å². The normalized spacial score (nSPS) is 18.7. The second-order valence-electron chi connectivity index (χ2n) is 6.01. The molecule has 1 fully saturated rings. The third kappa shape index (κ3) is 6.99. The van der Waals surface area contributed by atoms with Crippen LogP contribution in [0.2, 0.25) is 0 Å². The summed E-state index contributed by atoms with van der Waals surface area (Å²) in [7, 11) is 3.22. The molecule has 1 aliphatic rings. The van der Waals surface area contributed by atoms with Gasteiger partial charge in [0, 0.05) is 32.2 Å². The number of halogens is 3. The third-order valence-corrected chi connectivity index (χ3v) is 3.94. The molecule has 2 N–H and O–H groups in total. The number of rotatable bonds is 7. The minimum Gasteiger partial charge on any atom is -0.497 e. The Balaban J connectivity index is 1.68. The molecule has 0 radical (unpaired) electrons. The van der Waals surface area contributed by atoms with Crippen LogP contribution < -0.4 is 20.1 Å². The molecule has 2 rings (SSSR count). The fourth-order valence-corrected chi connectivity index (χ4v) is 2.76. The summed E-state index contributed by atoms with van der Waals surface area (Å²) in [5, 5.41) is 6.25. The molecule has 6 nitrogen and oxygen atoms in total. The fraction of sp³-hybridized carbons (Fsp3) is 0.588. The third-order valence-electron chi connectivity index (χ3n) is 3.94. The predicted molar refractivity (Wildman–Crippen MR) is 93.9 cm³/mol. The number of likely N-dealkylation sites (tertiary alicyclic amines) is 1. The van der Waals surface area contributed by atoms with E-state index in [0.29, 0.717) is 44.4 Å². The highest BCUT2D eigenvalue weighted by Crippen LogP contribution is 2.20. The Kier molecular flexibility index (Phi) is 7.38. The summed E-state index contributed by atoms with van der Waals surface area (Å²) in [6.07, 6.45) is -3.51. The van der Waals surface area contributed by atoms with Gasteiger partial charge in [-0.1, -0.05) is 6.07 Å². The van der Waals surface area contributed by atoms with Crippen molar-refractivity contribution in [1.82, 2.24) is 15.5 Å². The standard InChI is InChI=1S/C17H25F3N4O2/c1-21-16(23-13-6-8-24(11-13)12-17(18,19)20)22-7-9-26-15-5-3-4-14(10-15)25-2/h3-5,10,13H,6-9,11-12H2,1-2H3,(H2,21,22,23). The summed E-state index contributed by atoms with van der Waals surface area (Å²) in [5.41, 5.74) is 0. The van der Waals surface area contributed by atoms with Gasteiger partial charge in [-0.15, -0.1) is 0 Å². The lowest BCUT2D eigenvalue weighted by molar-refractivity contribution is -0.143. The van der Waals surface area contributed by atoms with Crippen molar-refractivity contribution < 1.29 is 22.6 Å². The summed E-state index contributed by atoms with van der Waals surface area (Å²) in [6, 6.07) is 7.25. The molecular formula is C17H25F3N4O2. The van der Waals surface area contributed by atoms with Gasteiger partial charge in [0.2, 0.25) is 0 Å². The van der Waals surface area contributed by atoms with Gasteiger partial charge in [0.25, 0.3) is 0 Å². The van der Waals surface area contributed by atoms with Gasteiger partial charge in [0.15, 0.2) is 5.96 Å². The number of benzene rings is 1. The predicted octanol–water partition coefficient (Wildman–Crippen LogP) is 1.88. The maximum Gasteiger partial charge on any atom is 0.401 e. The first kappa shape index (κ1) is 20.2. The van der Waals surface area contributed by atoms with Crippen molar-refractivity contribution in [1.29, 1.82) is 0 Å². The minimum atomic E-state index is -4.16. The Morgan fingerprint density at radius 1 is 1.35 bits per heavy atom. The number of methoxy groups -OCH3 is 1. The van der Waals surface area contributed by atoms with Gasteiger partial charge in [0.1, 0.15) is 18.1 Å². The van der Waals surface area contributed by atoms with E-state index >= 15 is 0 Å². The van der Waals surface area contributed by atoms with Gasteiger partial charge < -0.3 is 20.1 Å². The molecule has 0 aliphatic carbocycles. The number of ether oxygens (including phenoxy) is 2. The van der Waals surface area contributed by atoms with Gasteiger partial charge in [-0.05, 0) is 18.6 Å². The van der Waals surface area contributed by atoms with Crippen LogP contribution in [0, 0.1) is 0 Å². The van der Waals surface area contributed by atoms with Crippen LogP contribution in [0.1, 0.15) is 6.42 Å². The second-order valence-corrected chi connectivity index (χ2v) is 6.01. The smallest absolute Gasteiger partial charge is 0.401 e. The zero-order valence-corrected chi connectivity index (χ0v) is 15.0. The van der Waals surface area contributed by atoms with Crippen LogP contribution in [-0.2, 0) is 0 Å². The highest BCUT2D eigenvalue weighted by Gasteiger charge is 2.34. The molecular weight excluding hydrogens is 349 g/mol. The molecule has 1 aromatic carbocycles. The number of aliphatic imine (C=N–C) groups is 1. The van der Waals surface area contributed by atoms with Crippen LogP contribution in [0.3, 0.4) is 0 Å². The number of hydrogen-bond donors (Lipinski definition) is 2. The molecule has 0 bridgehead atoms. The second kappa shape index (κ2) is 9.51. The van der Waals surface area contributed by atoms with E-state index in [9.17, 15) is 13.2 Å². The lowest BCUT2D eigenvalue weighted by atomic mass is 10.3. The Morgan fingerprint density at radius 3 is 2.81 bits per heavy atom. The van der Waals surface area contributed by atoms with E-state index in [0.717, 1.165) is 5.75 Å². The average molecular weight is 374 g/mol. The summed E-state index contributed by atoms with van der Waals surface area (Å²) in [5.74, 6) is 1.98. The molecule has 0 spiro atoms. The monoisotopic (exact) mass is 374 g/mol. The Labute approximate surface area is 151 Å². The van der Waals surface area contributed by atoms with Crippen LogP contribution in [0.15, 0.2) is 29.3 Å². The van der Waals surface area contributed by atoms with E-state index in [2.05, 4.69) is 15.6 Å². The Bertz CT molecular complexity index is 596. The van der Waals surface area contributed by atoms with Gasteiger partial charge in [0.05, 0.1) is 20.2 Å². The van der Waals surface area contributed by atoms with E-state index in [4.69, 9.17) is 9.47 Å². The van der Waals surface area contributed by atoms with Crippen LogP contribution in [0.4, 0.5) is 13.2 Å². The first-order chi connectivity index (χ1) is 12.4. The van der Waals surface area contributed by atoms with E-state index in [-0.39, 0.29) is 6.04 Å². The van der Waals surface area contributed by atoms with Crippen molar-refractivity contribution in [3.05, 3.63) is 24.3 Å². The highest BCUT2D eigenvalue weighted by atomic mass is 19.4. The van der Waals surface area contributed by atoms with Gasteiger partial charge in [-0.25, -0.2) is 0 Å². The lowest BCUT2D eigenvalue weighted by Gasteiger charge is -2.19. The number of hydrogen-bond acceptors (Lipinski definition) is 4. The van der Waals surface area contributed by atoms with Crippen molar-refractivity contribution in [2.75, 3.05) is 46.9 Å². The van der Waals surface area contributed by atoms with E-state index in [1.165, 1.54) is 4.90 Å². The number of nitrogens with zero attached hydrogens (tertiary/aromatic N) is 2. The first-order valence-electron chi connectivity index (χ1n) is 8.43. The summed E-state index contributed by atoms with van der Waals surface area (Å²) in [6.45, 7) is 0.827. The highest BCUT2D eigenvalue weighted by molar-refractivity contribution is 5.80. The largest absolute Gasteiger partial charge is 0.497 e. The van der Waals surface area contributed by atoms with Gasteiger partial charge in [-0.3, -0.25) is 9.89 Å². The topological polar surface area (TPSA) is 58.1 Å². The van der Waals surface area contributed by atoms with Gasteiger partial charge >= 0.3 is 6.18 Å². The van der Waals surface area contributed by atoms with Crippen LogP contribution >= 0.6 is 0 Å². The van der Waals surface area contributed by atoms with Crippen LogP contribution in [0.25, 0.3) is 0 Å². The molecule has 0 amide bonds. The van der Waals surface area contributed by atoms with Crippen molar-refractivity contribution >= 4 is 5.96 Å². The quantitative estimate of drug-likeness (QED) is 0.434. The number of nitrogens with one attached hydrogen (secondary N) is 2. The van der Waals surface area contributed by atoms with E-state index in [1.807, 2.05) is 18.2 Å². The lowest BCUT2D eigenvalue weighted by Crippen LogP contribution is -2.46. The molecule has 1 aromatic rings. The van der Waals surface area contributed by atoms with Crippen molar-refractivity contribution in [2.24, 2.45) is 4.99 Å². The minimum absolute atomic E-state index is 0.0529. The maximum atomic E-state index is 12.4. The molecule has 26 heavy (non-hydrogen) atoms. The van der Waals surface area contributed by atoms with Crippen molar-refractivity contribution in [3.63, 3.8) is 0 Å². The molecule has 1 atom stereocenters. The van der Waals surface area contributed by atoms with Crippen molar-refractivity contribution in [2.45, 2.75) is 18.6 Å². The molecule has 1 aliphatic heterocycles. The molecule has 1 saturated heterocycles. The Morgan fingerprint density at radius 2 is 2.12 bits per heavy atom. The van der Waals surface area contributed by atoms with Crippen LogP contribution in [-0.4, -0.2) is 70.0 Å². The summed E-state index contributed by atoms with van der Waals surface area (Å²) >= 11 is 0. The molecule has 1 unspecified atom stereocenters. The van der Waals surface area contributed by atoms with E-state index < -0.39 is 12.7 Å². The SMILES string of the molecule is CN=C(NCCOc1cccc(OC)c1)NC1CCN(CC(F)(F)F)C1. The Hall–Kier alpha value is -2.16. The number of guanidine groups is 1. The average Bonchev–Trinajstić information content (AvgIpc) is 3.02.